The summed E-state index contributed by atoms with van der Waals surface area (Å²) < 4.78 is 0. The van der Waals surface area contributed by atoms with Crippen LogP contribution in [0.3, 0.4) is 0 Å². The third-order valence-electron chi connectivity index (χ3n) is 3.17. The number of hydrogen-bond acceptors (Lipinski definition) is 1. The highest BCUT2D eigenvalue weighted by atomic mass is 14.6. The van der Waals surface area contributed by atoms with E-state index in [0.717, 1.165) is 5.92 Å². The van der Waals surface area contributed by atoms with Gasteiger partial charge in [-0.2, -0.15) is 0 Å². The molecule has 0 unspecified atom stereocenters. The van der Waals surface area contributed by atoms with E-state index >= 15 is 0 Å². The molecule has 0 saturated heterocycles. The average molecular weight is 189 g/mol. The Kier molecular flexibility index (Phi) is 2.87. The van der Waals surface area contributed by atoms with Crippen LogP contribution in [0.25, 0.3) is 0 Å². The van der Waals surface area contributed by atoms with E-state index in [-0.39, 0.29) is 0 Å². The predicted molar refractivity (Wildman–Crippen MR) is 60.2 cm³/mol. The van der Waals surface area contributed by atoms with Crippen LogP contribution in [-0.2, 0) is 12.8 Å². The maximum Gasteiger partial charge on any atom is 0.00105 e. The number of rotatable bonds is 3. The molecule has 0 saturated carbocycles. The summed E-state index contributed by atoms with van der Waals surface area (Å²) >= 11 is 0. The van der Waals surface area contributed by atoms with Gasteiger partial charge in [0.1, 0.15) is 0 Å². The molecule has 0 radical (unpaired) electrons. The molecule has 0 bridgehead atoms. The van der Waals surface area contributed by atoms with Gasteiger partial charge in [-0.1, -0.05) is 24.3 Å². The van der Waals surface area contributed by atoms with Crippen LogP contribution in [-0.4, -0.2) is 6.04 Å². The van der Waals surface area contributed by atoms with Crippen LogP contribution in [0.2, 0.25) is 0 Å². The zero-order valence-electron chi connectivity index (χ0n) is 8.87. The first-order valence-electron chi connectivity index (χ1n) is 5.58. The Morgan fingerprint density at radius 2 is 1.86 bits per heavy atom. The zero-order chi connectivity index (χ0) is 9.97. The Morgan fingerprint density at radius 1 is 1.29 bits per heavy atom. The van der Waals surface area contributed by atoms with Crippen molar-refractivity contribution < 1.29 is 0 Å². The Hall–Kier alpha value is -0.820. The van der Waals surface area contributed by atoms with Crippen LogP contribution in [0.5, 0.6) is 0 Å². The van der Waals surface area contributed by atoms with Gasteiger partial charge >= 0.3 is 0 Å². The van der Waals surface area contributed by atoms with Crippen molar-refractivity contribution in [1.82, 2.24) is 0 Å². The summed E-state index contributed by atoms with van der Waals surface area (Å²) in [5, 5.41) is 0. The van der Waals surface area contributed by atoms with Crippen molar-refractivity contribution in [1.29, 1.82) is 0 Å². The molecule has 0 fully saturated rings. The van der Waals surface area contributed by atoms with Gasteiger partial charge < -0.3 is 5.73 Å². The average Bonchev–Trinajstić information content (AvgIpc) is 2.57. The van der Waals surface area contributed by atoms with Gasteiger partial charge in [0.15, 0.2) is 0 Å². The summed E-state index contributed by atoms with van der Waals surface area (Å²) in [4.78, 5) is 0. The Morgan fingerprint density at radius 3 is 2.36 bits per heavy atom. The molecular weight excluding hydrogens is 170 g/mol. The van der Waals surface area contributed by atoms with E-state index in [1.807, 2.05) is 0 Å². The highest BCUT2D eigenvalue weighted by Gasteiger charge is 2.20. The number of benzene rings is 1. The second-order valence-corrected chi connectivity index (χ2v) is 4.60. The standard InChI is InChI=1S/C13H19N/c1-10(14)6-7-11-8-12-4-2-3-5-13(12)9-11/h2-5,10-11H,6-9,14H2,1H3/t10-/m0/s1. The molecular formula is C13H19N. The zero-order valence-corrected chi connectivity index (χ0v) is 8.87. The van der Waals surface area contributed by atoms with Crippen LogP contribution < -0.4 is 5.73 Å². The minimum Gasteiger partial charge on any atom is -0.328 e. The number of fused-ring (bicyclic) bond motifs is 1. The SMILES string of the molecule is C[C@H](N)CCC1Cc2ccccc2C1. The lowest BCUT2D eigenvalue weighted by Crippen LogP contribution is -2.16. The molecule has 1 aromatic rings. The molecule has 1 aromatic carbocycles. The monoisotopic (exact) mass is 189 g/mol. The summed E-state index contributed by atoms with van der Waals surface area (Å²) in [7, 11) is 0. The van der Waals surface area contributed by atoms with Crippen LogP contribution >= 0.6 is 0 Å². The molecule has 2 N–H and O–H groups in total. The molecule has 0 aliphatic heterocycles. The fraction of sp³-hybridized carbons (Fsp3) is 0.538. The van der Waals surface area contributed by atoms with Crippen LogP contribution in [0, 0.1) is 5.92 Å². The summed E-state index contributed by atoms with van der Waals surface area (Å²) in [5.41, 5.74) is 8.89. The quantitative estimate of drug-likeness (QED) is 0.777. The van der Waals surface area contributed by atoms with Crippen molar-refractivity contribution in [3.63, 3.8) is 0 Å². The molecule has 1 atom stereocenters. The van der Waals surface area contributed by atoms with Gasteiger partial charge in [-0.15, -0.1) is 0 Å². The van der Waals surface area contributed by atoms with Gasteiger partial charge in [0.2, 0.25) is 0 Å². The van der Waals surface area contributed by atoms with Gasteiger partial charge in [-0.05, 0) is 49.7 Å². The van der Waals surface area contributed by atoms with Crippen molar-refractivity contribution in [3.8, 4) is 0 Å². The summed E-state index contributed by atoms with van der Waals surface area (Å²) in [6.45, 7) is 2.10. The molecule has 1 nitrogen and oxygen atoms in total. The molecule has 0 aromatic heterocycles. The lowest BCUT2D eigenvalue weighted by molar-refractivity contribution is 0.466. The van der Waals surface area contributed by atoms with Crippen molar-refractivity contribution in [2.24, 2.45) is 11.7 Å². The third-order valence-corrected chi connectivity index (χ3v) is 3.17. The highest BCUT2D eigenvalue weighted by molar-refractivity contribution is 5.31. The van der Waals surface area contributed by atoms with Gasteiger partial charge in [0, 0.05) is 6.04 Å². The summed E-state index contributed by atoms with van der Waals surface area (Å²) in [6, 6.07) is 9.18. The summed E-state index contributed by atoms with van der Waals surface area (Å²) in [6.07, 6.45) is 4.98. The Labute approximate surface area is 86.3 Å². The second-order valence-electron chi connectivity index (χ2n) is 4.60. The Balaban J connectivity index is 1.92. The highest BCUT2D eigenvalue weighted by Crippen LogP contribution is 2.29. The molecule has 1 heteroatoms. The first-order chi connectivity index (χ1) is 6.75. The molecule has 2 rings (SSSR count). The fourth-order valence-electron chi connectivity index (χ4n) is 2.35. The first kappa shape index (κ1) is 9.72. The minimum absolute atomic E-state index is 0.360. The van der Waals surface area contributed by atoms with E-state index in [1.165, 1.54) is 25.7 Å². The number of nitrogens with two attached hydrogens (primary N) is 1. The van der Waals surface area contributed by atoms with E-state index in [0.29, 0.717) is 6.04 Å². The van der Waals surface area contributed by atoms with Gasteiger partial charge in [0.05, 0.1) is 0 Å². The minimum atomic E-state index is 0.360. The smallest absolute Gasteiger partial charge is 0.00105 e. The molecule has 14 heavy (non-hydrogen) atoms. The molecule has 76 valence electrons. The molecule has 0 spiro atoms. The van der Waals surface area contributed by atoms with Gasteiger partial charge in [-0.25, -0.2) is 0 Å². The third kappa shape index (κ3) is 2.16. The van der Waals surface area contributed by atoms with Crippen LogP contribution in [0.1, 0.15) is 30.9 Å². The van der Waals surface area contributed by atoms with Crippen molar-refractivity contribution in [3.05, 3.63) is 35.4 Å². The normalized spacial score (nSPS) is 18.1. The van der Waals surface area contributed by atoms with Crippen LogP contribution in [0.4, 0.5) is 0 Å². The molecule has 1 aliphatic carbocycles. The van der Waals surface area contributed by atoms with E-state index < -0.39 is 0 Å². The van der Waals surface area contributed by atoms with E-state index in [1.54, 1.807) is 11.1 Å². The van der Waals surface area contributed by atoms with Crippen molar-refractivity contribution >= 4 is 0 Å². The maximum absolute atomic E-state index is 5.78. The summed E-state index contributed by atoms with van der Waals surface area (Å²) in [5.74, 6) is 0.846. The maximum atomic E-state index is 5.78. The first-order valence-corrected chi connectivity index (χ1v) is 5.58. The second kappa shape index (κ2) is 4.14. The molecule has 0 amide bonds. The predicted octanol–water partition coefficient (Wildman–Crippen LogP) is 2.53. The lowest BCUT2D eigenvalue weighted by atomic mass is 9.98. The van der Waals surface area contributed by atoms with Crippen molar-refractivity contribution in [2.45, 2.75) is 38.6 Å². The number of hydrogen-bond donors (Lipinski definition) is 1. The van der Waals surface area contributed by atoms with Crippen LogP contribution in [0.15, 0.2) is 24.3 Å². The van der Waals surface area contributed by atoms with E-state index in [9.17, 15) is 0 Å². The van der Waals surface area contributed by atoms with E-state index in [4.69, 9.17) is 5.73 Å². The van der Waals surface area contributed by atoms with Gasteiger partial charge in [0.25, 0.3) is 0 Å². The topological polar surface area (TPSA) is 26.0 Å². The largest absolute Gasteiger partial charge is 0.328 e. The van der Waals surface area contributed by atoms with E-state index in [2.05, 4.69) is 31.2 Å². The lowest BCUT2D eigenvalue weighted by Gasteiger charge is -2.10. The molecule has 1 aliphatic rings. The van der Waals surface area contributed by atoms with Crippen molar-refractivity contribution in [2.75, 3.05) is 0 Å². The Bertz CT molecular complexity index is 279. The fourth-order valence-corrected chi connectivity index (χ4v) is 2.35. The van der Waals surface area contributed by atoms with Gasteiger partial charge in [-0.3, -0.25) is 0 Å². The molecule has 0 heterocycles.